The number of aromatic nitrogens is 2. The molecule has 0 atom stereocenters. The van der Waals surface area contributed by atoms with Gasteiger partial charge >= 0.3 is 0 Å². The second kappa shape index (κ2) is 5.69. The highest BCUT2D eigenvalue weighted by Crippen LogP contribution is 2.24. The molecule has 0 bridgehead atoms. The van der Waals surface area contributed by atoms with Gasteiger partial charge in [0.25, 0.3) is 5.69 Å². The zero-order chi connectivity index (χ0) is 15.5. The highest BCUT2D eigenvalue weighted by atomic mass is 16.6. The first-order valence-corrected chi connectivity index (χ1v) is 6.67. The van der Waals surface area contributed by atoms with Crippen LogP contribution < -0.4 is 4.74 Å². The van der Waals surface area contributed by atoms with E-state index in [0.29, 0.717) is 11.5 Å². The standard InChI is InChI=1S/C16H13N3O3/c1-12-10-11-18(17-12)13-2-6-15(7-3-13)22-16-8-4-14(5-9-16)19(20)21/h2-11H,1H3. The molecule has 1 aromatic heterocycles. The minimum atomic E-state index is -0.440. The Morgan fingerprint density at radius 1 is 1.00 bits per heavy atom. The number of nitrogens with zero attached hydrogens (tertiary/aromatic N) is 3. The fraction of sp³-hybridized carbons (Fsp3) is 0.0625. The van der Waals surface area contributed by atoms with Gasteiger partial charge in [0.2, 0.25) is 0 Å². The lowest BCUT2D eigenvalue weighted by atomic mass is 10.3. The summed E-state index contributed by atoms with van der Waals surface area (Å²) < 4.78 is 7.44. The Balaban J connectivity index is 1.74. The van der Waals surface area contributed by atoms with Crippen molar-refractivity contribution in [2.75, 3.05) is 0 Å². The highest BCUT2D eigenvalue weighted by Gasteiger charge is 2.05. The van der Waals surface area contributed by atoms with E-state index in [1.165, 1.54) is 12.1 Å². The average molecular weight is 295 g/mol. The molecule has 0 unspecified atom stereocenters. The number of nitro groups is 1. The summed E-state index contributed by atoms with van der Waals surface area (Å²) in [5, 5.41) is 14.9. The van der Waals surface area contributed by atoms with Crippen molar-refractivity contribution in [3.05, 3.63) is 76.6 Å². The second-order valence-corrected chi connectivity index (χ2v) is 4.75. The third-order valence-electron chi connectivity index (χ3n) is 3.11. The van der Waals surface area contributed by atoms with Gasteiger partial charge in [-0.25, -0.2) is 4.68 Å². The minimum Gasteiger partial charge on any atom is -0.457 e. The van der Waals surface area contributed by atoms with Crippen molar-refractivity contribution in [2.24, 2.45) is 0 Å². The van der Waals surface area contributed by atoms with E-state index in [1.807, 2.05) is 43.5 Å². The van der Waals surface area contributed by atoms with Crippen LogP contribution in [-0.4, -0.2) is 14.7 Å². The molecule has 22 heavy (non-hydrogen) atoms. The molecule has 0 spiro atoms. The lowest BCUT2D eigenvalue weighted by molar-refractivity contribution is -0.384. The average Bonchev–Trinajstić information content (AvgIpc) is 2.95. The van der Waals surface area contributed by atoms with Crippen LogP contribution in [0.1, 0.15) is 5.69 Å². The van der Waals surface area contributed by atoms with Crippen molar-refractivity contribution in [1.82, 2.24) is 9.78 Å². The van der Waals surface area contributed by atoms with Crippen LogP contribution in [0.25, 0.3) is 5.69 Å². The lowest BCUT2D eigenvalue weighted by Gasteiger charge is -2.07. The molecule has 0 fully saturated rings. The zero-order valence-electron chi connectivity index (χ0n) is 11.8. The van der Waals surface area contributed by atoms with E-state index in [-0.39, 0.29) is 5.69 Å². The first kappa shape index (κ1) is 13.8. The lowest BCUT2D eigenvalue weighted by Crippen LogP contribution is -1.94. The Morgan fingerprint density at radius 2 is 1.59 bits per heavy atom. The van der Waals surface area contributed by atoms with Crippen molar-refractivity contribution < 1.29 is 9.66 Å². The summed E-state index contributed by atoms with van der Waals surface area (Å²) >= 11 is 0. The van der Waals surface area contributed by atoms with Gasteiger partial charge in [-0.05, 0) is 49.4 Å². The van der Waals surface area contributed by atoms with E-state index in [4.69, 9.17) is 4.74 Å². The Morgan fingerprint density at radius 3 is 2.09 bits per heavy atom. The van der Waals surface area contributed by atoms with E-state index in [1.54, 1.807) is 16.8 Å². The fourth-order valence-corrected chi connectivity index (χ4v) is 2.00. The van der Waals surface area contributed by atoms with Crippen LogP contribution in [0.4, 0.5) is 5.69 Å². The minimum absolute atomic E-state index is 0.0387. The van der Waals surface area contributed by atoms with Gasteiger partial charge in [-0.1, -0.05) is 0 Å². The maximum Gasteiger partial charge on any atom is 0.269 e. The first-order valence-electron chi connectivity index (χ1n) is 6.67. The van der Waals surface area contributed by atoms with Crippen LogP contribution >= 0.6 is 0 Å². The molecule has 3 rings (SSSR count). The SMILES string of the molecule is Cc1ccn(-c2ccc(Oc3ccc([N+](=O)[O-])cc3)cc2)n1. The van der Waals surface area contributed by atoms with Crippen LogP contribution in [0.15, 0.2) is 60.8 Å². The van der Waals surface area contributed by atoms with E-state index in [0.717, 1.165) is 11.4 Å². The van der Waals surface area contributed by atoms with Gasteiger partial charge in [0.1, 0.15) is 11.5 Å². The van der Waals surface area contributed by atoms with Crippen molar-refractivity contribution in [3.8, 4) is 17.2 Å². The smallest absolute Gasteiger partial charge is 0.269 e. The molecule has 0 saturated heterocycles. The summed E-state index contributed by atoms with van der Waals surface area (Å²) in [7, 11) is 0. The van der Waals surface area contributed by atoms with Crippen molar-refractivity contribution >= 4 is 5.69 Å². The third-order valence-corrected chi connectivity index (χ3v) is 3.11. The Labute approximate surface area is 126 Å². The van der Waals surface area contributed by atoms with Crippen molar-refractivity contribution in [3.63, 3.8) is 0 Å². The van der Waals surface area contributed by atoms with Gasteiger partial charge < -0.3 is 4.74 Å². The molecule has 2 aromatic carbocycles. The van der Waals surface area contributed by atoms with Crippen LogP contribution in [0.2, 0.25) is 0 Å². The largest absolute Gasteiger partial charge is 0.457 e. The number of benzene rings is 2. The van der Waals surface area contributed by atoms with E-state index in [9.17, 15) is 10.1 Å². The third kappa shape index (κ3) is 2.95. The molecule has 0 N–H and O–H groups in total. The molecule has 6 nitrogen and oxygen atoms in total. The molecule has 0 aliphatic rings. The van der Waals surface area contributed by atoms with Gasteiger partial charge in [-0.2, -0.15) is 5.10 Å². The van der Waals surface area contributed by atoms with E-state index in [2.05, 4.69) is 5.10 Å². The van der Waals surface area contributed by atoms with Gasteiger partial charge in [-0.15, -0.1) is 0 Å². The number of ether oxygens (including phenoxy) is 1. The van der Waals surface area contributed by atoms with E-state index < -0.39 is 4.92 Å². The monoisotopic (exact) mass is 295 g/mol. The van der Waals surface area contributed by atoms with E-state index >= 15 is 0 Å². The van der Waals surface area contributed by atoms with Gasteiger partial charge in [0.15, 0.2) is 0 Å². The summed E-state index contributed by atoms with van der Waals surface area (Å²) in [5.74, 6) is 1.20. The number of aryl methyl sites for hydroxylation is 1. The number of hydrogen-bond acceptors (Lipinski definition) is 4. The first-order chi connectivity index (χ1) is 10.6. The van der Waals surface area contributed by atoms with Crippen LogP contribution in [0, 0.1) is 17.0 Å². The van der Waals surface area contributed by atoms with Crippen molar-refractivity contribution in [2.45, 2.75) is 6.92 Å². The predicted octanol–water partition coefficient (Wildman–Crippen LogP) is 3.88. The van der Waals surface area contributed by atoms with Crippen molar-refractivity contribution in [1.29, 1.82) is 0 Å². The van der Waals surface area contributed by atoms with Gasteiger partial charge in [0, 0.05) is 18.3 Å². The van der Waals surface area contributed by atoms with Crippen LogP contribution in [0.5, 0.6) is 11.5 Å². The maximum absolute atomic E-state index is 10.6. The Hall–Kier alpha value is -3.15. The zero-order valence-corrected chi connectivity index (χ0v) is 11.8. The van der Waals surface area contributed by atoms with Gasteiger partial charge in [-0.3, -0.25) is 10.1 Å². The topological polar surface area (TPSA) is 70.2 Å². The number of non-ortho nitro benzene ring substituents is 1. The number of nitro benzene ring substituents is 1. The quantitative estimate of drug-likeness (QED) is 0.541. The molecule has 3 aromatic rings. The molecule has 110 valence electrons. The summed E-state index contributed by atoms with van der Waals surface area (Å²) in [4.78, 5) is 10.2. The highest BCUT2D eigenvalue weighted by molar-refractivity contribution is 5.41. The fourth-order valence-electron chi connectivity index (χ4n) is 2.00. The molecular weight excluding hydrogens is 282 g/mol. The number of rotatable bonds is 4. The molecule has 6 heteroatoms. The van der Waals surface area contributed by atoms with Crippen LogP contribution in [-0.2, 0) is 0 Å². The summed E-state index contributed by atoms with van der Waals surface area (Å²) in [6.07, 6.45) is 1.89. The summed E-state index contributed by atoms with van der Waals surface area (Å²) in [6, 6.07) is 15.3. The summed E-state index contributed by atoms with van der Waals surface area (Å²) in [6.45, 7) is 1.93. The summed E-state index contributed by atoms with van der Waals surface area (Å²) in [5.41, 5.74) is 1.92. The Bertz CT molecular complexity index is 792. The normalized spacial score (nSPS) is 10.4. The molecule has 0 saturated carbocycles. The molecule has 0 aliphatic heterocycles. The second-order valence-electron chi connectivity index (χ2n) is 4.75. The van der Waals surface area contributed by atoms with Gasteiger partial charge in [0.05, 0.1) is 16.3 Å². The molecule has 0 aliphatic carbocycles. The predicted molar refractivity (Wildman–Crippen MR) is 81.5 cm³/mol. The molecular formula is C16H13N3O3. The maximum atomic E-state index is 10.6. The molecule has 0 amide bonds. The molecule has 1 heterocycles. The Kier molecular flexibility index (Phi) is 3.57. The number of hydrogen-bond donors (Lipinski definition) is 0. The van der Waals surface area contributed by atoms with Crippen LogP contribution in [0.3, 0.4) is 0 Å². The molecule has 0 radical (unpaired) electrons.